The summed E-state index contributed by atoms with van der Waals surface area (Å²) in [4.78, 5) is 11.6. The highest BCUT2D eigenvalue weighted by atomic mass is 32.2. The van der Waals surface area contributed by atoms with E-state index in [1.54, 1.807) is 26.0 Å². The lowest BCUT2D eigenvalue weighted by Gasteiger charge is -2.19. The number of benzene rings is 1. The van der Waals surface area contributed by atoms with Gasteiger partial charge in [-0.3, -0.25) is 4.79 Å². The lowest BCUT2D eigenvalue weighted by molar-refractivity contribution is -0.123. The highest BCUT2D eigenvalue weighted by molar-refractivity contribution is 7.89. The van der Waals surface area contributed by atoms with Crippen molar-refractivity contribution in [3.63, 3.8) is 0 Å². The smallest absolute Gasteiger partial charge is 0.240 e. The quantitative estimate of drug-likeness (QED) is 0.786. The van der Waals surface area contributed by atoms with Gasteiger partial charge >= 0.3 is 0 Å². The zero-order valence-electron chi connectivity index (χ0n) is 13.9. The molecular weight excluding hydrogens is 300 g/mol. The van der Waals surface area contributed by atoms with Crippen LogP contribution in [0.1, 0.15) is 40.2 Å². The molecule has 5 nitrogen and oxygen atoms in total. The number of amides is 1. The number of nitrogens with one attached hydrogen (secondary N) is 2. The first-order valence-corrected chi connectivity index (χ1v) is 8.90. The third-order valence-electron chi connectivity index (χ3n) is 3.27. The number of carbonyl (C=O) groups excluding carboxylic acids is 1. The monoisotopic (exact) mass is 326 g/mol. The predicted octanol–water partition coefficient (Wildman–Crippen LogP) is 2.03. The van der Waals surface area contributed by atoms with E-state index in [4.69, 9.17) is 0 Å². The van der Waals surface area contributed by atoms with Crippen LogP contribution >= 0.6 is 0 Å². The minimum atomic E-state index is -3.54. The maximum Gasteiger partial charge on any atom is 0.240 e. The third-order valence-corrected chi connectivity index (χ3v) is 4.75. The van der Waals surface area contributed by atoms with E-state index in [-0.39, 0.29) is 35.2 Å². The Bertz CT molecular complexity index is 599. The van der Waals surface area contributed by atoms with Crippen LogP contribution < -0.4 is 10.0 Å². The average Bonchev–Trinajstić information content (AvgIpc) is 2.42. The number of carbonyl (C=O) groups is 1. The third kappa shape index (κ3) is 5.42. The van der Waals surface area contributed by atoms with E-state index in [1.165, 1.54) is 0 Å². The van der Waals surface area contributed by atoms with Crippen LogP contribution in [0.3, 0.4) is 0 Å². The first-order valence-electron chi connectivity index (χ1n) is 7.42. The molecule has 0 aromatic heterocycles. The molecule has 0 radical (unpaired) electrons. The molecule has 124 valence electrons. The van der Waals surface area contributed by atoms with Crippen LogP contribution in [0, 0.1) is 5.92 Å². The molecule has 0 unspecified atom stereocenters. The first-order chi connectivity index (χ1) is 10.0. The van der Waals surface area contributed by atoms with Crippen LogP contribution in [0.2, 0.25) is 0 Å². The van der Waals surface area contributed by atoms with E-state index in [2.05, 4.69) is 30.8 Å². The molecule has 0 fully saturated rings. The van der Waals surface area contributed by atoms with Crippen molar-refractivity contribution in [2.75, 3.05) is 13.1 Å². The summed E-state index contributed by atoms with van der Waals surface area (Å²) in [7, 11) is -3.54. The topological polar surface area (TPSA) is 75.3 Å². The molecule has 1 rings (SSSR count). The standard InChI is InChI=1S/C16H26N2O3S/c1-12(2)15(19)17-10-11-18-22(20,21)14-8-6-13(7-9-14)16(3,4)5/h6-9,12,18H,10-11H2,1-5H3,(H,17,19). The summed E-state index contributed by atoms with van der Waals surface area (Å²) in [5, 5.41) is 2.67. The van der Waals surface area contributed by atoms with Crippen LogP contribution in [0.25, 0.3) is 0 Å². The van der Waals surface area contributed by atoms with Gasteiger partial charge in [0.1, 0.15) is 0 Å². The molecule has 0 aliphatic carbocycles. The highest BCUT2D eigenvalue weighted by Gasteiger charge is 2.17. The zero-order chi connectivity index (χ0) is 17.0. The van der Waals surface area contributed by atoms with Crippen LogP contribution in [0.4, 0.5) is 0 Å². The van der Waals surface area contributed by atoms with Gasteiger partial charge in [-0.15, -0.1) is 0 Å². The minimum Gasteiger partial charge on any atom is -0.355 e. The summed E-state index contributed by atoms with van der Waals surface area (Å²) in [6.45, 7) is 10.2. The molecule has 0 spiro atoms. The van der Waals surface area contributed by atoms with Gasteiger partial charge in [-0.1, -0.05) is 46.8 Å². The summed E-state index contributed by atoms with van der Waals surface area (Å²) < 4.78 is 26.8. The molecule has 0 saturated carbocycles. The Labute approximate surface area is 133 Å². The van der Waals surface area contributed by atoms with Gasteiger partial charge in [0.05, 0.1) is 4.90 Å². The molecule has 6 heteroatoms. The van der Waals surface area contributed by atoms with Crippen LogP contribution in [0.5, 0.6) is 0 Å². The fourth-order valence-corrected chi connectivity index (χ4v) is 2.82. The van der Waals surface area contributed by atoms with E-state index >= 15 is 0 Å². The Hall–Kier alpha value is -1.40. The van der Waals surface area contributed by atoms with Gasteiger partial charge in [0.25, 0.3) is 0 Å². The Morgan fingerprint density at radius 2 is 1.64 bits per heavy atom. The number of rotatable bonds is 6. The lowest BCUT2D eigenvalue weighted by atomic mass is 9.87. The highest BCUT2D eigenvalue weighted by Crippen LogP contribution is 2.23. The van der Waals surface area contributed by atoms with E-state index in [0.717, 1.165) is 5.56 Å². The molecule has 0 heterocycles. The van der Waals surface area contributed by atoms with Crippen molar-refractivity contribution in [1.82, 2.24) is 10.0 Å². The van der Waals surface area contributed by atoms with Crippen molar-refractivity contribution in [3.8, 4) is 0 Å². The van der Waals surface area contributed by atoms with Gasteiger partial charge in [-0.05, 0) is 23.1 Å². The molecule has 0 atom stereocenters. The molecule has 2 N–H and O–H groups in total. The molecule has 22 heavy (non-hydrogen) atoms. The van der Waals surface area contributed by atoms with E-state index in [0.29, 0.717) is 0 Å². The zero-order valence-corrected chi connectivity index (χ0v) is 14.8. The number of hydrogen-bond donors (Lipinski definition) is 2. The average molecular weight is 326 g/mol. The molecule has 1 aromatic rings. The van der Waals surface area contributed by atoms with Crippen molar-refractivity contribution in [3.05, 3.63) is 29.8 Å². The van der Waals surface area contributed by atoms with Crippen LogP contribution in [0.15, 0.2) is 29.2 Å². The summed E-state index contributed by atoms with van der Waals surface area (Å²) in [6, 6.07) is 6.87. The second-order valence-electron chi connectivity index (χ2n) is 6.62. The summed E-state index contributed by atoms with van der Waals surface area (Å²) in [5.41, 5.74) is 1.06. The van der Waals surface area contributed by atoms with Gasteiger partial charge in [-0.2, -0.15) is 0 Å². The Kier molecular flexibility index (Phi) is 6.14. The minimum absolute atomic E-state index is 0.0170. The van der Waals surface area contributed by atoms with E-state index in [1.807, 2.05) is 12.1 Å². The van der Waals surface area contributed by atoms with Crippen molar-refractivity contribution in [1.29, 1.82) is 0 Å². The molecule has 0 aliphatic heterocycles. The summed E-state index contributed by atoms with van der Waals surface area (Å²) in [5.74, 6) is -0.199. The van der Waals surface area contributed by atoms with Crippen LogP contribution in [-0.4, -0.2) is 27.4 Å². The second-order valence-corrected chi connectivity index (χ2v) is 8.38. The molecular formula is C16H26N2O3S. The maximum absolute atomic E-state index is 12.1. The summed E-state index contributed by atoms with van der Waals surface area (Å²) in [6.07, 6.45) is 0. The summed E-state index contributed by atoms with van der Waals surface area (Å²) >= 11 is 0. The van der Waals surface area contributed by atoms with E-state index < -0.39 is 10.0 Å². The lowest BCUT2D eigenvalue weighted by Crippen LogP contribution is -2.36. The van der Waals surface area contributed by atoms with Gasteiger partial charge in [0.15, 0.2) is 0 Å². The molecule has 1 amide bonds. The van der Waals surface area contributed by atoms with Crippen molar-refractivity contribution in [2.24, 2.45) is 5.92 Å². The fraction of sp³-hybridized carbons (Fsp3) is 0.562. The van der Waals surface area contributed by atoms with Crippen molar-refractivity contribution in [2.45, 2.75) is 44.9 Å². The number of hydrogen-bond acceptors (Lipinski definition) is 3. The largest absolute Gasteiger partial charge is 0.355 e. The molecule has 0 bridgehead atoms. The van der Waals surface area contributed by atoms with Gasteiger partial charge in [-0.25, -0.2) is 13.1 Å². The number of sulfonamides is 1. The van der Waals surface area contributed by atoms with Gasteiger partial charge in [0.2, 0.25) is 15.9 Å². The fourth-order valence-electron chi connectivity index (χ4n) is 1.79. The Morgan fingerprint density at radius 3 is 2.09 bits per heavy atom. The van der Waals surface area contributed by atoms with Crippen molar-refractivity contribution < 1.29 is 13.2 Å². The van der Waals surface area contributed by atoms with Gasteiger partial charge in [0, 0.05) is 19.0 Å². The van der Waals surface area contributed by atoms with Crippen molar-refractivity contribution >= 4 is 15.9 Å². The Balaban J connectivity index is 2.62. The van der Waals surface area contributed by atoms with Crippen LogP contribution in [-0.2, 0) is 20.2 Å². The van der Waals surface area contributed by atoms with Gasteiger partial charge < -0.3 is 5.32 Å². The SMILES string of the molecule is CC(C)C(=O)NCCNS(=O)(=O)c1ccc(C(C)(C)C)cc1. The molecule has 0 saturated heterocycles. The maximum atomic E-state index is 12.1. The predicted molar refractivity (Wildman–Crippen MR) is 88.2 cm³/mol. The molecule has 0 aliphatic rings. The van der Waals surface area contributed by atoms with E-state index in [9.17, 15) is 13.2 Å². The second kappa shape index (κ2) is 7.24. The Morgan fingerprint density at radius 1 is 1.09 bits per heavy atom. The molecule has 1 aromatic carbocycles. The first kappa shape index (κ1) is 18.6. The normalized spacial score (nSPS) is 12.5.